The average Bonchev–Trinajstić information content (AvgIpc) is 2.41. The first kappa shape index (κ1) is 6.84. The van der Waals surface area contributed by atoms with Gasteiger partial charge in [-0.15, -0.1) is 0 Å². The molecule has 0 atom stereocenters. The van der Waals surface area contributed by atoms with Crippen molar-refractivity contribution in [3.8, 4) is 0 Å². The van der Waals surface area contributed by atoms with Crippen LogP contribution >= 0.6 is 0 Å². The van der Waals surface area contributed by atoms with Crippen LogP contribution in [0, 0.1) is 5.41 Å². The molecule has 0 bridgehead atoms. The largest absolute Gasteiger partial charge is 0.325 e. The second-order valence-electron chi connectivity index (χ2n) is 2.51. The number of hydrogen-bond donors (Lipinski definition) is 3. The molecule has 0 saturated carbocycles. The summed E-state index contributed by atoms with van der Waals surface area (Å²) in [5, 5.41) is 7.36. The van der Waals surface area contributed by atoms with Crippen LogP contribution in [0.1, 0.15) is 0 Å². The highest BCUT2D eigenvalue weighted by Crippen LogP contribution is 1.95. The molecule has 2 rings (SSSR count). The molecule has 3 N–H and O–H groups in total. The Morgan fingerprint density at radius 1 is 1.58 bits per heavy atom. The van der Waals surface area contributed by atoms with E-state index in [1.165, 1.54) is 6.33 Å². The van der Waals surface area contributed by atoms with E-state index < -0.39 is 0 Å². The quantitative estimate of drug-likeness (QED) is 0.470. The van der Waals surface area contributed by atoms with E-state index in [2.05, 4.69) is 15.0 Å². The van der Waals surface area contributed by atoms with Crippen molar-refractivity contribution in [1.29, 1.82) is 5.41 Å². The molecule has 2 heterocycles. The lowest BCUT2D eigenvalue weighted by molar-refractivity contribution is 0.875. The third-order valence-corrected chi connectivity index (χ3v) is 1.66. The van der Waals surface area contributed by atoms with Gasteiger partial charge >= 0.3 is 5.69 Å². The Bertz CT molecular complexity index is 531. The molecule has 0 fully saturated rings. The molecule has 0 aliphatic heterocycles. The van der Waals surface area contributed by atoms with Crippen LogP contribution in [0.2, 0.25) is 0 Å². The van der Waals surface area contributed by atoms with Gasteiger partial charge in [0, 0.05) is 7.05 Å². The normalized spacial score (nSPS) is 10.8. The Kier molecular flexibility index (Phi) is 1.18. The van der Waals surface area contributed by atoms with Gasteiger partial charge in [-0.25, -0.2) is 9.78 Å². The fraction of sp³-hybridized carbons (Fsp3) is 0.167. The Morgan fingerprint density at radius 3 is 3.00 bits per heavy atom. The number of aromatic amines is 2. The average molecular weight is 165 g/mol. The molecule has 0 aliphatic carbocycles. The van der Waals surface area contributed by atoms with E-state index in [1.54, 1.807) is 11.6 Å². The van der Waals surface area contributed by atoms with Gasteiger partial charge in [0.25, 0.3) is 0 Å². The van der Waals surface area contributed by atoms with Crippen molar-refractivity contribution in [3.63, 3.8) is 0 Å². The van der Waals surface area contributed by atoms with Crippen LogP contribution in [0.3, 0.4) is 0 Å². The number of rotatable bonds is 0. The minimum absolute atomic E-state index is 0.0708. The third-order valence-electron chi connectivity index (χ3n) is 1.66. The summed E-state index contributed by atoms with van der Waals surface area (Å²) in [5.74, 6) is 0. The highest BCUT2D eigenvalue weighted by molar-refractivity contribution is 5.67. The van der Waals surface area contributed by atoms with Gasteiger partial charge in [0.05, 0.1) is 6.33 Å². The molecule has 0 spiro atoms. The molecule has 0 amide bonds. The number of hydrogen-bond acceptors (Lipinski definition) is 3. The molecule has 0 unspecified atom stereocenters. The van der Waals surface area contributed by atoms with E-state index in [-0.39, 0.29) is 11.2 Å². The van der Waals surface area contributed by atoms with Gasteiger partial charge in [0.2, 0.25) is 0 Å². The van der Waals surface area contributed by atoms with Gasteiger partial charge in [-0.05, 0) is 0 Å². The van der Waals surface area contributed by atoms with Gasteiger partial charge < -0.3 is 9.55 Å². The van der Waals surface area contributed by atoms with E-state index in [4.69, 9.17) is 5.41 Å². The number of H-pyrrole nitrogens is 2. The van der Waals surface area contributed by atoms with Crippen LogP contribution in [-0.2, 0) is 7.05 Å². The zero-order valence-electron chi connectivity index (χ0n) is 6.38. The molecular weight excluding hydrogens is 158 g/mol. The third kappa shape index (κ3) is 0.777. The Hall–Kier alpha value is -1.85. The summed E-state index contributed by atoms with van der Waals surface area (Å²) in [7, 11) is 1.75. The van der Waals surface area contributed by atoms with Gasteiger partial charge in [0.1, 0.15) is 11.2 Å². The summed E-state index contributed by atoms with van der Waals surface area (Å²) in [5.41, 5.74) is 0.772. The van der Waals surface area contributed by atoms with Gasteiger partial charge in [0.15, 0.2) is 5.49 Å². The maximum absolute atomic E-state index is 10.9. The zero-order chi connectivity index (χ0) is 8.72. The molecule has 6 heteroatoms. The van der Waals surface area contributed by atoms with E-state index in [1.807, 2.05) is 0 Å². The molecule has 2 aromatic heterocycles. The number of nitrogens with one attached hydrogen (secondary N) is 3. The van der Waals surface area contributed by atoms with Crippen molar-refractivity contribution in [1.82, 2.24) is 19.5 Å². The first-order chi connectivity index (χ1) is 5.68. The SMILES string of the molecule is Cn1cnc(=N)c2[nH]c(=O)[nH]c21. The molecule has 0 aliphatic rings. The predicted octanol–water partition coefficient (Wildman–Crippen LogP) is -0.931. The second kappa shape index (κ2) is 2.07. The van der Waals surface area contributed by atoms with Crippen molar-refractivity contribution >= 4 is 11.2 Å². The van der Waals surface area contributed by atoms with Gasteiger partial charge in [-0.1, -0.05) is 0 Å². The van der Waals surface area contributed by atoms with E-state index in [9.17, 15) is 4.79 Å². The smallest absolute Gasteiger partial charge is 0.320 e. The van der Waals surface area contributed by atoms with Crippen molar-refractivity contribution in [3.05, 3.63) is 22.3 Å². The van der Waals surface area contributed by atoms with Crippen molar-refractivity contribution < 1.29 is 0 Å². The Morgan fingerprint density at radius 2 is 2.33 bits per heavy atom. The first-order valence-electron chi connectivity index (χ1n) is 3.36. The number of imidazole rings is 1. The topological polar surface area (TPSA) is 90.3 Å². The van der Waals surface area contributed by atoms with Crippen LogP contribution in [-0.4, -0.2) is 19.5 Å². The fourth-order valence-corrected chi connectivity index (χ4v) is 1.08. The second-order valence-corrected chi connectivity index (χ2v) is 2.51. The summed E-state index contributed by atoms with van der Waals surface area (Å²) >= 11 is 0. The van der Waals surface area contributed by atoms with Crippen LogP contribution in [0.5, 0.6) is 0 Å². The van der Waals surface area contributed by atoms with Crippen molar-refractivity contribution in [2.45, 2.75) is 0 Å². The highest BCUT2D eigenvalue weighted by Gasteiger charge is 2.01. The first-order valence-corrected chi connectivity index (χ1v) is 3.36. The summed E-state index contributed by atoms with van der Waals surface area (Å²) < 4.78 is 1.64. The van der Waals surface area contributed by atoms with Crippen LogP contribution in [0.15, 0.2) is 11.1 Å². The molecule has 0 saturated heterocycles. The van der Waals surface area contributed by atoms with Gasteiger partial charge in [-0.3, -0.25) is 10.4 Å². The summed E-state index contributed by atoms with van der Waals surface area (Å²) in [6, 6.07) is 0. The molecular formula is C6H7N5O. The Labute approximate surface area is 66.4 Å². The number of nitrogens with zero attached hydrogens (tertiary/aromatic N) is 2. The van der Waals surface area contributed by atoms with E-state index in [0.29, 0.717) is 11.2 Å². The minimum atomic E-state index is -0.317. The molecule has 62 valence electrons. The summed E-state index contributed by atoms with van der Waals surface area (Å²) in [6.45, 7) is 0. The standard InChI is InChI=1S/C6H7N5O/c1-11-2-8-4(7)3-5(11)10-6(12)9-3/h2,7H,1H3,(H2,9,10,12). The summed E-state index contributed by atoms with van der Waals surface area (Å²) in [6.07, 6.45) is 1.48. The zero-order valence-corrected chi connectivity index (χ0v) is 6.38. The molecule has 12 heavy (non-hydrogen) atoms. The maximum atomic E-state index is 10.9. The Balaban J connectivity index is 3.14. The highest BCUT2D eigenvalue weighted by atomic mass is 16.1. The number of aryl methyl sites for hydroxylation is 1. The van der Waals surface area contributed by atoms with Crippen LogP contribution in [0.25, 0.3) is 11.2 Å². The maximum Gasteiger partial charge on any atom is 0.325 e. The molecule has 0 aromatic carbocycles. The van der Waals surface area contributed by atoms with E-state index >= 15 is 0 Å². The lowest BCUT2D eigenvalue weighted by Crippen LogP contribution is -2.10. The van der Waals surface area contributed by atoms with Crippen LogP contribution < -0.4 is 11.2 Å². The van der Waals surface area contributed by atoms with Gasteiger partial charge in [-0.2, -0.15) is 0 Å². The number of fused-ring (bicyclic) bond motifs is 1. The van der Waals surface area contributed by atoms with Crippen LogP contribution in [0.4, 0.5) is 0 Å². The minimum Gasteiger partial charge on any atom is -0.320 e. The van der Waals surface area contributed by atoms with E-state index in [0.717, 1.165) is 0 Å². The predicted molar refractivity (Wildman–Crippen MR) is 41.5 cm³/mol. The van der Waals surface area contributed by atoms with Crippen molar-refractivity contribution in [2.24, 2.45) is 7.05 Å². The molecule has 0 radical (unpaired) electrons. The molecule has 2 aromatic rings. The van der Waals surface area contributed by atoms with Crippen molar-refractivity contribution in [2.75, 3.05) is 0 Å². The lowest BCUT2D eigenvalue weighted by atomic mass is 10.5. The monoisotopic (exact) mass is 165 g/mol. The summed E-state index contributed by atoms with van der Waals surface area (Å²) in [4.78, 5) is 19.7. The lowest BCUT2D eigenvalue weighted by Gasteiger charge is -1.96. The number of aromatic nitrogens is 4. The molecule has 6 nitrogen and oxygen atoms in total. The fourth-order valence-electron chi connectivity index (χ4n) is 1.08.